The van der Waals surface area contributed by atoms with Crippen LogP contribution in [0.3, 0.4) is 0 Å². The van der Waals surface area contributed by atoms with E-state index in [1.807, 2.05) is 18.7 Å². The Hall–Kier alpha value is -1.32. The molecule has 82 valence electrons. The molecule has 1 aromatic rings. The monoisotopic (exact) mass is 208 g/mol. The zero-order valence-corrected chi connectivity index (χ0v) is 9.16. The van der Waals surface area contributed by atoms with Crippen LogP contribution < -0.4 is 0 Å². The Labute approximate surface area is 88.9 Å². The second kappa shape index (κ2) is 3.68. The third-order valence-corrected chi connectivity index (χ3v) is 3.25. The molecule has 2 rings (SSSR count). The van der Waals surface area contributed by atoms with E-state index in [1.54, 1.807) is 0 Å². The normalized spacial score (nSPS) is 20.0. The molecule has 1 unspecified atom stereocenters. The van der Waals surface area contributed by atoms with E-state index in [-0.39, 0.29) is 12.3 Å². The largest absolute Gasteiger partial charge is 0.481 e. The molecule has 15 heavy (non-hydrogen) atoms. The molecule has 1 aromatic heterocycles. The molecule has 4 nitrogen and oxygen atoms in total. The molecule has 0 fully saturated rings. The summed E-state index contributed by atoms with van der Waals surface area (Å²) in [5, 5.41) is 13.3. The molecule has 0 bridgehead atoms. The van der Waals surface area contributed by atoms with Gasteiger partial charge in [0.2, 0.25) is 0 Å². The summed E-state index contributed by atoms with van der Waals surface area (Å²) in [4.78, 5) is 10.8. The number of nitrogens with zero attached hydrogens (tertiary/aromatic N) is 2. The fourth-order valence-corrected chi connectivity index (χ4v) is 2.48. The quantitative estimate of drug-likeness (QED) is 0.803. The van der Waals surface area contributed by atoms with Gasteiger partial charge in [-0.25, -0.2) is 0 Å². The molecule has 0 radical (unpaired) electrons. The molecule has 0 saturated carbocycles. The molecule has 1 aliphatic rings. The Kier molecular flexibility index (Phi) is 2.50. The van der Waals surface area contributed by atoms with E-state index in [2.05, 4.69) is 5.10 Å². The zero-order valence-electron chi connectivity index (χ0n) is 9.16. The van der Waals surface area contributed by atoms with Gasteiger partial charge in [0, 0.05) is 12.7 Å². The molecule has 0 aliphatic heterocycles. The van der Waals surface area contributed by atoms with Crippen LogP contribution in [-0.2, 0) is 18.3 Å². The Morgan fingerprint density at radius 2 is 2.40 bits per heavy atom. The molecule has 0 amide bonds. The summed E-state index contributed by atoms with van der Waals surface area (Å²) in [6.45, 7) is 2.02. The van der Waals surface area contributed by atoms with Crippen LogP contribution in [0.4, 0.5) is 0 Å². The van der Waals surface area contributed by atoms with Crippen molar-refractivity contribution in [1.29, 1.82) is 0 Å². The van der Waals surface area contributed by atoms with Crippen molar-refractivity contribution < 1.29 is 9.90 Å². The minimum atomic E-state index is -0.712. The number of carbonyl (C=O) groups is 1. The fraction of sp³-hybridized carbons (Fsp3) is 0.636. The third-order valence-electron chi connectivity index (χ3n) is 3.25. The van der Waals surface area contributed by atoms with Crippen molar-refractivity contribution in [3.8, 4) is 0 Å². The summed E-state index contributed by atoms with van der Waals surface area (Å²) in [6.07, 6.45) is 3.26. The second-order valence-electron chi connectivity index (χ2n) is 4.26. The summed E-state index contributed by atoms with van der Waals surface area (Å²) in [5.74, 6) is -0.545. The van der Waals surface area contributed by atoms with E-state index in [0.717, 1.165) is 30.7 Å². The van der Waals surface area contributed by atoms with Crippen LogP contribution in [0.25, 0.3) is 0 Å². The van der Waals surface area contributed by atoms with Crippen LogP contribution >= 0.6 is 0 Å². The summed E-state index contributed by atoms with van der Waals surface area (Å²) < 4.78 is 1.87. The molecule has 1 N–H and O–H groups in total. The summed E-state index contributed by atoms with van der Waals surface area (Å²) in [6, 6.07) is 0. The number of hydrogen-bond donors (Lipinski definition) is 1. The Morgan fingerprint density at radius 1 is 1.67 bits per heavy atom. The fourth-order valence-electron chi connectivity index (χ4n) is 2.48. The molecular formula is C11H16N2O2. The predicted molar refractivity (Wildman–Crippen MR) is 55.9 cm³/mol. The lowest BCUT2D eigenvalue weighted by Gasteiger charge is -2.20. The SMILES string of the molecule is Cc1c2c(nn1C)CCCC2CC(=O)O. The predicted octanol–water partition coefficient (Wildman–Crippen LogP) is 1.62. The number of hydrogen-bond acceptors (Lipinski definition) is 2. The van der Waals surface area contributed by atoms with Gasteiger partial charge in [0.25, 0.3) is 0 Å². The average Bonchev–Trinajstić information content (AvgIpc) is 2.43. The first-order valence-corrected chi connectivity index (χ1v) is 5.33. The number of aromatic nitrogens is 2. The van der Waals surface area contributed by atoms with Gasteiger partial charge in [0.05, 0.1) is 12.1 Å². The minimum Gasteiger partial charge on any atom is -0.481 e. The number of aliphatic carboxylic acids is 1. The van der Waals surface area contributed by atoms with Crippen LogP contribution in [0.1, 0.15) is 42.1 Å². The van der Waals surface area contributed by atoms with Gasteiger partial charge in [-0.15, -0.1) is 0 Å². The van der Waals surface area contributed by atoms with Gasteiger partial charge >= 0.3 is 5.97 Å². The highest BCUT2D eigenvalue weighted by molar-refractivity contribution is 5.68. The van der Waals surface area contributed by atoms with Crippen LogP contribution in [0, 0.1) is 6.92 Å². The number of carboxylic acid groups (broad SMARTS) is 1. The molecule has 0 aromatic carbocycles. The van der Waals surface area contributed by atoms with Crippen molar-refractivity contribution in [2.75, 3.05) is 0 Å². The minimum absolute atomic E-state index is 0.167. The van der Waals surface area contributed by atoms with Crippen molar-refractivity contribution in [1.82, 2.24) is 9.78 Å². The average molecular weight is 208 g/mol. The smallest absolute Gasteiger partial charge is 0.303 e. The highest BCUT2D eigenvalue weighted by Crippen LogP contribution is 2.35. The van der Waals surface area contributed by atoms with Crippen molar-refractivity contribution in [2.24, 2.45) is 7.05 Å². The number of rotatable bonds is 2. The summed E-state index contributed by atoms with van der Waals surface area (Å²) in [5.41, 5.74) is 3.41. The standard InChI is InChI=1S/C11H16N2O2/c1-7-11-8(6-10(14)15)4-3-5-9(11)12-13(7)2/h8H,3-6H2,1-2H3,(H,14,15). The van der Waals surface area contributed by atoms with Gasteiger partial charge in [-0.2, -0.15) is 5.10 Å². The number of fused-ring (bicyclic) bond motifs is 1. The second-order valence-corrected chi connectivity index (χ2v) is 4.26. The van der Waals surface area contributed by atoms with Crippen LogP contribution in [0.15, 0.2) is 0 Å². The summed E-state index contributed by atoms with van der Waals surface area (Å²) >= 11 is 0. The first kappa shape index (κ1) is 10.2. The van der Waals surface area contributed by atoms with Crippen LogP contribution in [0.2, 0.25) is 0 Å². The van der Waals surface area contributed by atoms with E-state index < -0.39 is 5.97 Å². The maximum absolute atomic E-state index is 10.8. The van der Waals surface area contributed by atoms with Gasteiger partial charge in [0.15, 0.2) is 0 Å². The molecule has 1 heterocycles. The van der Waals surface area contributed by atoms with Crippen molar-refractivity contribution >= 4 is 5.97 Å². The Morgan fingerprint density at radius 3 is 3.07 bits per heavy atom. The van der Waals surface area contributed by atoms with Gasteiger partial charge in [-0.1, -0.05) is 0 Å². The Balaban J connectivity index is 2.36. The van der Waals surface area contributed by atoms with Crippen molar-refractivity contribution in [3.05, 3.63) is 17.0 Å². The molecular weight excluding hydrogens is 192 g/mol. The van der Waals surface area contributed by atoms with E-state index in [9.17, 15) is 4.79 Å². The maximum atomic E-state index is 10.8. The Bertz CT molecular complexity index is 396. The first-order chi connectivity index (χ1) is 7.09. The number of aryl methyl sites for hydroxylation is 2. The van der Waals surface area contributed by atoms with E-state index in [0.29, 0.717) is 0 Å². The van der Waals surface area contributed by atoms with Gasteiger partial charge < -0.3 is 5.11 Å². The van der Waals surface area contributed by atoms with Crippen molar-refractivity contribution in [3.63, 3.8) is 0 Å². The molecule has 1 aliphatic carbocycles. The maximum Gasteiger partial charge on any atom is 0.303 e. The molecule has 0 saturated heterocycles. The topological polar surface area (TPSA) is 55.1 Å². The molecule has 4 heteroatoms. The highest BCUT2D eigenvalue weighted by Gasteiger charge is 2.27. The van der Waals surface area contributed by atoms with E-state index >= 15 is 0 Å². The lowest BCUT2D eigenvalue weighted by Crippen LogP contribution is -2.13. The van der Waals surface area contributed by atoms with E-state index in [4.69, 9.17) is 5.11 Å². The van der Waals surface area contributed by atoms with Crippen LogP contribution in [-0.4, -0.2) is 20.9 Å². The zero-order chi connectivity index (χ0) is 11.0. The molecule has 1 atom stereocenters. The number of carboxylic acids is 1. The van der Waals surface area contributed by atoms with E-state index in [1.165, 1.54) is 5.56 Å². The highest BCUT2D eigenvalue weighted by atomic mass is 16.4. The molecule has 0 spiro atoms. The lowest BCUT2D eigenvalue weighted by atomic mass is 9.83. The van der Waals surface area contributed by atoms with Gasteiger partial charge in [0.1, 0.15) is 0 Å². The van der Waals surface area contributed by atoms with Gasteiger partial charge in [-0.3, -0.25) is 9.48 Å². The van der Waals surface area contributed by atoms with Crippen LogP contribution in [0.5, 0.6) is 0 Å². The summed E-state index contributed by atoms with van der Waals surface area (Å²) in [7, 11) is 1.92. The van der Waals surface area contributed by atoms with Gasteiger partial charge in [-0.05, 0) is 37.7 Å². The lowest BCUT2D eigenvalue weighted by molar-refractivity contribution is -0.137. The third kappa shape index (κ3) is 1.76. The first-order valence-electron chi connectivity index (χ1n) is 5.33. The van der Waals surface area contributed by atoms with Crippen molar-refractivity contribution in [2.45, 2.75) is 38.5 Å².